The van der Waals surface area contributed by atoms with Crippen molar-refractivity contribution >= 4 is 39.1 Å². The minimum Gasteiger partial charge on any atom is -0.366 e. The van der Waals surface area contributed by atoms with Crippen molar-refractivity contribution in [2.45, 2.75) is 13.5 Å². The van der Waals surface area contributed by atoms with Gasteiger partial charge in [0.25, 0.3) is 11.8 Å². The molecular formula is C21H15F3N4O2S. The first-order chi connectivity index (χ1) is 14.7. The standard InChI is InChI=1S/C21H15F3N4O2S/c1-10-13-7-18(20(30)26-17-6-14(19(25)29)15(23)8-16(17)24)31-21(13)28(27-10)9-11-2-4-12(22)5-3-11/h2-8H,9H2,1H3,(H2,25,29)(H,26,30). The van der Waals surface area contributed by atoms with Crippen LogP contribution in [0, 0.1) is 24.4 Å². The summed E-state index contributed by atoms with van der Waals surface area (Å²) >= 11 is 1.14. The Kier molecular flexibility index (Phi) is 5.24. The van der Waals surface area contributed by atoms with Gasteiger partial charge in [0.1, 0.15) is 22.3 Å². The van der Waals surface area contributed by atoms with Crippen molar-refractivity contribution in [1.82, 2.24) is 9.78 Å². The van der Waals surface area contributed by atoms with Crippen LogP contribution in [0.3, 0.4) is 0 Å². The molecule has 10 heteroatoms. The van der Waals surface area contributed by atoms with E-state index in [0.717, 1.165) is 28.4 Å². The van der Waals surface area contributed by atoms with Crippen LogP contribution in [0.25, 0.3) is 10.2 Å². The number of amides is 2. The number of aryl methyl sites for hydroxylation is 1. The highest BCUT2D eigenvalue weighted by atomic mass is 32.1. The molecule has 0 radical (unpaired) electrons. The van der Waals surface area contributed by atoms with Gasteiger partial charge in [0.05, 0.1) is 28.4 Å². The van der Waals surface area contributed by atoms with Gasteiger partial charge in [0, 0.05) is 11.5 Å². The van der Waals surface area contributed by atoms with Crippen molar-refractivity contribution in [3.05, 3.63) is 81.6 Å². The first-order valence-corrected chi connectivity index (χ1v) is 9.86. The highest BCUT2D eigenvalue weighted by molar-refractivity contribution is 7.20. The molecule has 0 saturated carbocycles. The van der Waals surface area contributed by atoms with E-state index in [0.29, 0.717) is 23.1 Å². The molecule has 2 heterocycles. The summed E-state index contributed by atoms with van der Waals surface area (Å²) < 4.78 is 42.5. The predicted molar refractivity (Wildman–Crippen MR) is 111 cm³/mol. The lowest BCUT2D eigenvalue weighted by Gasteiger charge is -2.07. The van der Waals surface area contributed by atoms with E-state index in [1.165, 1.54) is 12.1 Å². The fourth-order valence-electron chi connectivity index (χ4n) is 3.11. The number of hydrogen-bond donors (Lipinski definition) is 2. The SMILES string of the molecule is Cc1nn(Cc2ccc(F)cc2)c2sc(C(=O)Nc3cc(C(N)=O)c(F)cc3F)cc12. The van der Waals surface area contributed by atoms with Crippen molar-refractivity contribution in [1.29, 1.82) is 0 Å². The molecule has 6 nitrogen and oxygen atoms in total. The third-order valence-corrected chi connectivity index (χ3v) is 5.79. The van der Waals surface area contributed by atoms with Gasteiger partial charge in [0.2, 0.25) is 0 Å². The maximum Gasteiger partial charge on any atom is 0.265 e. The number of anilines is 1. The van der Waals surface area contributed by atoms with Gasteiger partial charge < -0.3 is 11.1 Å². The lowest BCUT2D eigenvalue weighted by molar-refractivity contribution is 0.0992. The Morgan fingerprint density at radius 3 is 2.48 bits per heavy atom. The smallest absolute Gasteiger partial charge is 0.265 e. The summed E-state index contributed by atoms with van der Waals surface area (Å²) in [7, 11) is 0. The molecule has 158 valence electrons. The average molecular weight is 444 g/mol. The number of primary amides is 1. The molecule has 0 aliphatic heterocycles. The Morgan fingerprint density at radius 2 is 1.81 bits per heavy atom. The number of fused-ring (bicyclic) bond motifs is 1. The third-order valence-electron chi connectivity index (χ3n) is 4.65. The first kappa shape index (κ1) is 20.6. The van der Waals surface area contributed by atoms with E-state index in [1.807, 2.05) is 0 Å². The van der Waals surface area contributed by atoms with Crippen LogP contribution in [0.2, 0.25) is 0 Å². The summed E-state index contributed by atoms with van der Waals surface area (Å²) in [5.41, 5.74) is 5.71. The second kappa shape index (κ2) is 7.88. The predicted octanol–water partition coefficient (Wildman–Crippen LogP) is 4.22. The number of nitrogens with two attached hydrogens (primary N) is 1. The van der Waals surface area contributed by atoms with Gasteiger partial charge in [-0.3, -0.25) is 14.3 Å². The summed E-state index contributed by atoms with van der Waals surface area (Å²) in [5, 5.41) is 7.55. The summed E-state index contributed by atoms with van der Waals surface area (Å²) in [6.45, 7) is 2.16. The maximum atomic E-state index is 14.1. The van der Waals surface area contributed by atoms with Crippen LogP contribution in [0.5, 0.6) is 0 Å². The summed E-state index contributed by atoms with van der Waals surface area (Å²) in [5.74, 6) is -4.19. The normalized spacial score (nSPS) is 11.1. The van der Waals surface area contributed by atoms with Gasteiger partial charge in [0.15, 0.2) is 0 Å². The molecule has 2 amide bonds. The van der Waals surface area contributed by atoms with Crippen LogP contribution in [-0.4, -0.2) is 21.6 Å². The molecule has 0 fully saturated rings. The van der Waals surface area contributed by atoms with Crippen LogP contribution >= 0.6 is 11.3 Å². The molecule has 0 aliphatic rings. The van der Waals surface area contributed by atoms with Gasteiger partial charge in [-0.2, -0.15) is 5.10 Å². The largest absolute Gasteiger partial charge is 0.366 e. The molecule has 31 heavy (non-hydrogen) atoms. The van der Waals surface area contributed by atoms with Crippen molar-refractivity contribution < 1.29 is 22.8 Å². The molecule has 0 saturated heterocycles. The van der Waals surface area contributed by atoms with E-state index >= 15 is 0 Å². The second-order valence-electron chi connectivity index (χ2n) is 6.83. The molecule has 2 aromatic carbocycles. The Balaban J connectivity index is 1.63. The number of thiophene rings is 1. The fourth-order valence-corrected chi connectivity index (χ4v) is 4.17. The molecule has 3 N–H and O–H groups in total. The highest BCUT2D eigenvalue weighted by Crippen LogP contribution is 2.30. The van der Waals surface area contributed by atoms with Gasteiger partial charge in [-0.1, -0.05) is 12.1 Å². The van der Waals surface area contributed by atoms with Gasteiger partial charge in [-0.15, -0.1) is 11.3 Å². The van der Waals surface area contributed by atoms with E-state index in [1.54, 1.807) is 29.8 Å². The summed E-state index contributed by atoms with van der Waals surface area (Å²) in [4.78, 5) is 24.9. The van der Waals surface area contributed by atoms with Crippen LogP contribution in [-0.2, 0) is 6.54 Å². The number of nitrogens with zero attached hydrogens (tertiary/aromatic N) is 2. The molecule has 4 aromatic rings. The zero-order valence-electron chi connectivity index (χ0n) is 16.1. The zero-order chi connectivity index (χ0) is 22.3. The van der Waals surface area contributed by atoms with Gasteiger partial charge >= 0.3 is 0 Å². The first-order valence-electron chi connectivity index (χ1n) is 9.04. The number of halogens is 3. The van der Waals surface area contributed by atoms with Crippen LogP contribution < -0.4 is 11.1 Å². The van der Waals surface area contributed by atoms with Gasteiger partial charge in [-0.05, 0) is 36.8 Å². The molecule has 0 unspecified atom stereocenters. The molecule has 2 aromatic heterocycles. The van der Waals surface area contributed by atoms with Crippen LogP contribution in [0.1, 0.15) is 31.3 Å². The molecular weight excluding hydrogens is 429 g/mol. The number of carbonyl (C=O) groups is 2. The van der Waals surface area contributed by atoms with E-state index < -0.39 is 29.0 Å². The van der Waals surface area contributed by atoms with E-state index in [9.17, 15) is 22.8 Å². The Morgan fingerprint density at radius 1 is 1.10 bits per heavy atom. The zero-order valence-corrected chi connectivity index (χ0v) is 16.9. The second-order valence-corrected chi connectivity index (χ2v) is 7.86. The van der Waals surface area contributed by atoms with E-state index in [2.05, 4.69) is 10.4 Å². The number of hydrogen-bond acceptors (Lipinski definition) is 4. The highest BCUT2D eigenvalue weighted by Gasteiger charge is 2.20. The maximum absolute atomic E-state index is 14.1. The number of nitrogens with one attached hydrogen (secondary N) is 1. The summed E-state index contributed by atoms with van der Waals surface area (Å²) in [6.07, 6.45) is 0. The monoisotopic (exact) mass is 444 g/mol. The van der Waals surface area contributed by atoms with Crippen LogP contribution in [0.15, 0.2) is 42.5 Å². The molecule has 4 rings (SSSR count). The van der Waals surface area contributed by atoms with E-state index in [4.69, 9.17) is 5.73 Å². The lowest BCUT2D eigenvalue weighted by Crippen LogP contribution is -2.16. The Bertz CT molecular complexity index is 1330. The fraction of sp³-hybridized carbons (Fsp3) is 0.0952. The Labute approximate surface area is 178 Å². The van der Waals surface area contributed by atoms with Crippen molar-refractivity contribution in [3.8, 4) is 0 Å². The number of carbonyl (C=O) groups excluding carboxylic acids is 2. The summed E-state index contributed by atoms with van der Waals surface area (Å²) in [6, 6.07) is 8.97. The van der Waals surface area contributed by atoms with E-state index in [-0.39, 0.29) is 16.4 Å². The minimum absolute atomic E-state index is 0.271. The van der Waals surface area contributed by atoms with Crippen molar-refractivity contribution in [3.63, 3.8) is 0 Å². The number of rotatable bonds is 5. The third kappa shape index (κ3) is 4.02. The topological polar surface area (TPSA) is 90.0 Å². The average Bonchev–Trinajstić information content (AvgIpc) is 3.27. The molecule has 0 bridgehead atoms. The van der Waals surface area contributed by atoms with Gasteiger partial charge in [-0.25, -0.2) is 13.2 Å². The van der Waals surface area contributed by atoms with Crippen LogP contribution in [0.4, 0.5) is 18.9 Å². The lowest BCUT2D eigenvalue weighted by atomic mass is 10.1. The van der Waals surface area contributed by atoms with Crippen molar-refractivity contribution in [2.75, 3.05) is 5.32 Å². The molecule has 0 spiro atoms. The quantitative estimate of drug-likeness (QED) is 0.483. The number of benzene rings is 2. The molecule has 0 atom stereocenters. The molecule has 0 aliphatic carbocycles. The Hall–Kier alpha value is -3.66. The van der Waals surface area contributed by atoms with Crippen molar-refractivity contribution in [2.24, 2.45) is 5.73 Å². The number of aromatic nitrogens is 2. The minimum atomic E-state index is -1.11.